The molecule has 0 spiro atoms. The van der Waals surface area contributed by atoms with Crippen LogP contribution in [0.25, 0.3) is 0 Å². The van der Waals surface area contributed by atoms with E-state index in [0.717, 1.165) is 29.9 Å². The topological polar surface area (TPSA) is 25.2 Å². The fourth-order valence-electron chi connectivity index (χ4n) is 2.18. The Labute approximate surface area is 113 Å². The van der Waals surface area contributed by atoms with Gasteiger partial charge in [0.25, 0.3) is 0 Å². The molecule has 0 fully saturated rings. The molecule has 0 aliphatic heterocycles. The van der Waals surface area contributed by atoms with Gasteiger partial charge in [-0.15, -0.1) is 0 Å². The van der Waals surface area contributed by atoms with Gasteiger partial charge >= 0.3 is 0 Å². The fourth-order valence-corrected chi connectivity index (χ4v) is 2.18. The van der Waals surface area contributed by atoms with Crippen molar-refractivity contribution < 1.29 is 8.81 Å². The number of halogens is 1. The lowest BCUT2D eigenvalue weighted by Gasteiger charge is -2.18. The summed E-state index contributed by atoms with van der Waals surface area (Å²) in [6.45, 7) is 6.75. The summed E-state index contributed by atoms with van der Waals surface area (Å²) >= 11 is 0. The molecule has 1 aromatic carbocycles. The van der Waals surface area contributed by atoms with E-state index in [1.165, 1.54) is 6.07 Å². The van der Waals surface area contributed by atoms with Gasteiger partial charge in [-0.2, -0.15) is 0 Å². The van der Waals surface area contributed by atoms with Crippen molar-refractivity contribution in [2.24, 2.45) is 0 Å². The zero-order valence-corrected chi connectivity index (χ0v) is 11.7. The molecule has 1 N–H and O–H groups in total. The number of nitrogens with one attached hydrogen (secondary N) is 1. The number of hydrogen-bond acceptors (Lipinski definition) is 2. The normalized spacial score (nSPS) is 12.6. The van der Waals surface area contributed by atoms with Crippen LogP contribution >= 0.6 is 0 Å². The van der Waals surface area contributed by atoms with Gasteiger partial charge in [0.2, 0.25) is 0 Å². The Hall–Kier alpha value is -1.61. The second kappa shape index (κ2) is 6.02. The molecule has 0 aliphatic carbocycles. The molecule has 0 bridgehead atoms. The summed E-state index contributed by atoms with van der Waals surface area (Å²) in [5.41, 5.74) is 2.81. The van der Waals surface area contributed by atoms with Crippen LogP contribution in [0.1, 0.15) is 41.8 Å². The molecule has 2 aromatic rings. The van der Waals surface area contributed by atoms with E-state index < -0.39 is 0 Å². The minimum atomic E-state index is -0.165. The van der Waals surface area contributed by atoms with Crippen molar-refractivity contribution >= 4 is 0 Å². The Morgan fingerprint density at radius 1 is 1.21 bits per heavy atom. The minimum Gasteiger partial charge on any atom is -0.469 e. The lowest BCUT2D eigenvalue weighted by molar-refractivity contribution is 0.523. The molecule has 2 nitrogen and oxygen atoms in total. The van der Waals surface area contributed by atoms with E-state index in [9.17, 15) is 4.39 Å². The van der Waals surface area contributed by atoms with Gasteiger partial charge in [0.1, 0.15) is 11.6 Å². The summed E-state index contributed by atoms with van der Waals surface area (Å²) in [6, 6.07) is 7.32. The van der Waals surface area contributed by atoms with Crippen molar-refractivity contribution in [3.63, 3.8) is 0 Å². The molecule has 1 unspecified atom stereocenters. The van der Waals surface area contributed by atoms with Gasteiger partial charge in [-0.25, -0.2) is 4.39 Å². The third-order valence-electron chi connectivity index (χ3n) is 3.20. The van der Waals surface area contributed by atoms with Crippen molar-refractivity contribution in [3.8, 4) is 0 Å². The molecule has 3 heteroatoms. The van der Waals surface area contributed by atoms with Crippen LogP contribution in [0.2, 0.25) is 0 Å². The quantitative estimate of drug-likeness (QED) is 0.875. The van der Waals surface area contributed by atoms with E-state index >= 15 is 0 Å². The third-order valence-corrected chi connectivity index (χ3v) is 3.20. The number of hydrogen-bond donors (Lipinski definition) is 1. The highest BCUT2D eigenvalue weighted by Crippen LogP contribution is 2.25. The lowest BCUT2D eigenvalue weighted by atomic mass is 9.99. The number of aryl methyl sites for hydroxylation is 2. The average Bonchev–Trinajstić information content (AvgIpc) is 2.80. The van der Waals surface area contributed by atoms with Gasteiger partial charge < -0.3 is 9.73 Å². The summed E-state index contributed by atoms with van der Waals surface area (Å²) in [7, 11) is 0. The van der Waals surface area contributed by atoms with E-state index in [-0.39, 0.29) is 11.9 Å². The number of rotatable bonds is 5. The maximum Gasteiger partial charge on any atom is 0.126 e. The van der Waals surface area contributed by atoms with Crippen molar-refractivity contribution in [2.75, 3.05) is 6.54 Å². The Kier molecular flexibility index (Phi) is 4.38. The molecule has 0 saturated heterocycles. The molecule has 0 saturated carbocycles. The number of furan rings is 1. The first-order valence-electron chi connectivity index (χ1n) is 6.66. The van der Waals surface area contributed by atoms with Crippen LogP contribution < -0.4 is 5.32 Å². The van der Waals surface area contributed by atoms with Gasteiger partial charge in [-0.1, -0.05) is 19.1 Å². The first kappa shape index (κ1) is 13.8. The Morgan fingerprint density at radius 3 is 2.58 bits per heavy atom. The molecule has 1 heterocycles. The predicted molar refractivity (Wildman–Crippen MR) is 74.7 cm³/mol. The van der Waals surface area contributed by atoms with Crippen LogP contribution in [-0.4, -0.2) is 6.54 Å². The minimum absolute atomic E-state index is 0.0525. The van der Waals surface area contributed by atoms with Gasteiger partial charge in [-0.05, 0) is 50.1 Å². The van der Waals surface area contributed by atoms with Crippen molar-refractivity contribution in [1.29, 1.82) is 0 Å². The van der Waals surface area contributed by atoms with Crippen molar-refractivity contribution in [3.05, 3.63) is 58.8 Å². The van der Waals surface area contributed by atoms with Crippen LogP contribution in [-0.2, 0) is 0 Å². The predicted octanol–water partition coefficient (Wildman–Crippen LogP) is 4.12. The number of benzene rings is 1. The first-order valence-corrected chi connectivity index (χ1v) is 6.66. The molecular weight excluding hydrogens is 241 g/mol. The van der Waals surface area contributed by atoms with Gasteiger partial charge in [0.15, 0.2) is 0 Å². The van der Waals surface area contributed by atoms with Crippen LogP contribution in [0, 0.1) is 19.7 Å². The van der Waals surface area contributed by atoms with Gasteiger partial charge in [0.05, 0.1) is 12.3 Å². The Bertz CT molecular complexity index is 547. The average molecular weight is 261 g/mol. The summed E-state index contributed by atoms with van der Waals surface area (Å²) in [5.74, 6) is 0.721. The molecule has 0 radical (unpaired) electrons. The Balaban J connectivity index is 2.33. The highest BCUT2D eigenvalue weighted by molar-refractivity contribution is 5.33. The van der Waals surface area contributed by atoms with Gasteiger partial charge in [-0.3, -0.25) is 0 Å². The monoisotopic (exact) mass is 261 g/mol. The molecule has 19 heavy (non-hydrogen) atoms. The molecule has 2 rings (SSSR count). The van der Waals surface area contributed by atoms with Gasteiger partial charge in [0, 0.05) is 5.56 Å². The molecule has 1 aromatic heterocycles. The molecule has 0 aliphatic rings. The Morgan fingerprint density at radius 2 is 2.00 bits per heavy atom. The van der Waals surface area contributed by atoms with E-state index in [1.54, 1.807) is 13.2 Å². The second-order valence-corrected chi connectivity index (χ2v) is 4.89. The van der Waals surface area contributed by atoms with Crippen LogP contribution in [0.5, 0.6) is 0 Å². The maximum absolute atomic E-state index is 13.4. The summed E-state index contributed by atoms with van der Waals surface area (Å²) in [4.78, 5) is 0. The van der Waals surface area contributed by atoms with E-state index in [2.05, 4.69) is 12.2 Å². The van der Waals surface area contributed by atoms with E-state index in [0.29, 0.717) is 5.56 Å². The lowest BCUT2D eigenvalue weighted by Crippen LogP contribution is -2.23. The zero-order chi connectivity index (χ0) is 13.8. The largest absolute Gasteiger partial charge is 0.469 e. The highest BCUT2D eigenvalue weighted by Gasteiger charge is 2.16. The van der Waals surface area contributed by atoms with Crippen molar-refractivity contribution in [2.45, 2.75) is 33.2 Å². The zero-order valence-electron chi connectivity index (χ0n) is 11.7. The molecular formula is C16H20FNO. The van der Waals surface area contributed by atoms with Crippen LogP contribution in [0.4, 0.5) is 4.39 Å². The van der Waals surface area contributed by atoms with Crippen LogP contribution in [0.3, 0.4) is 0 Å². The smallest absolute Gasteiger partial charge is 0.126 e. The molecule has 102 valence electrons. The molecule has 1 atom stereocenters. The first-order chi connectivity index (χ1) is 9.11. The summed E-state index contributed by atoms with van der Waals surface area (Å²) in [5, 5.41) is 3.48. The maximum atomic E-state index is 13.4. The summed E-state index contributed by atoms with van der Waals surface area (Å²) in [6.07, 6.45) is 2.81. The third kappa shape index (κ3) is 3.24. The summed E-state index contributed by atoms with van der Waals surface area (Å²) < 4.78 is 18.8. The second-order valence-electron chi connectivity index (χ2n) is 4.89. The van der Waals surface area contributed by atoms with Crippen molar-refractivity contribution in [1.82, 2.24) is 5.32 Å². The SMILES string of the molecule is CCCNC(c1coc(C)c1)c1ccc(F)c(C)c1. The standard InChI is InChI=1S/C16H20FNO/c1-4-7-18-16(14-9-12(3)19-10-14)13-5-6-15(17)11(2)8-13/h5-6,8-10,16,18H,4,7H2,1-3H3. The fraction of sp³-hybridized carbons (Fsp3) is 0.375. The van der Waals surface area contributed by atoms with Crippen LogP contribution in [0.15, 0.2) is 34.9 Å². The van der Waals surface area contributed by atoms with E-state index in [4.69, 9.17) is 4.42 Å². The molecule has 0 amide bonds. The van der Waals surface area contributed by atoms with E-state index in [1.807, 2.05) is 25.1 Å². The highest BCUT2D eigenvalue weighted by atomic mass is 19.1.